The highest BCUT2D eigenvalue weighted by Gasteiger charge is 2.03. The molecular weight excluding hydrogens is 242 g/mol. The molecule has 2 rings (SSSR count). The van der Waals surface area contributed by atoms with Gasteiger partial charge in [-0.25, -0.2) is 4.98 Å². The predicted octanol–water partition coefficient (Wildman–Crippen LogP) is 2.09. The maximum absolute atomic E-state index is 4.22. The molecular formula is C10H12BrN3. The Bertz CT molecular complexity index is 436. The van der Waals surface area contributed by atoms with Crippen LogP contribution in [0.25, 0.3) is 11.0 Å². The number of imidazole rings is 1. The molecule has 0 aliphatic carbocycles. The van der Waals surface area contributed by atoms with Gasteiger partial charge in [0.05, 0.1) is 11.8 Å². The zero-order chi connectivity index (χ0) is 9.97. The largest absolute Gasteiger partial charge is 0.345 e. The van der Waals surface area contributed by atoms with Gasteiger partial charge in [0, 0.05) is 4.47 Å². The van der Waals surface area contributed by atoms with Crippen LogP contribution in [0.3, 0.4) is 0 Å². The highest BCUT2D eigenvalue weighted by Crippen LogP contribution is 2.22. The van der Waals surface area contributed by atoms with Gasteiger partial charge < -0.3 is 10.3 Å². The average molecular weight is 254 g/mol. The highest BCUT2D eigenvalue weighted by molar-refractivity contribution is 9.10. The lowest BCUT2D eigenvalue weighted by Crippen LogP contribution is -2.10. The lowest BCUT2D eigenvalue weighted by molar-refractivity contribution is 0.792. The van der Waals surface area contributed by atoms with Gasteiger partial charge in [0.1, 0.15) is 5.52 Å². The molecule has 2 N–H and O–H groups in total. The van der Waals surface area contributed by atoms with E-state index in [4.69, 9.17) is 0 Å². The molecule has 0 bridgehead atoms. The lowest BCUT2D eigenvalue weighted by Gasteiger charge is -2.02. The van der Waals surface area contributed by atoms with Gasteiger partial charge in [0.2, 0.25) is 0 Å². The van der Waals surface area contributed by atoms with Gasteiger partial charge in [-0.05, 0) is 53.6 Å². The number of likely N-dealkylation sites (N-methyl/N-ethyl adjacent to an activating group) is 1. The van der Waals surface area contributed by atoms with Crippen LogP contribution in [0, 0.1) is 0 Å². The van der Waals surface area contributed by atoms with Crippen LogP contribution in [0.1, 0.15) is 5.56 Å². The smallest absolute Gasteiger partial charge is 0.102 e. The van der Waals surface area contributed by atoms with E-state index >= 15 is 0 Å². The van der Waals surface area contributed by atoms with E-state index in [1.54, 1.807) is 6.33 Å². The number of H-pyrrole nitrogens is 1. The number of aromatic amines is 1. The Labute approximate surface area is 91.1 Å². The molecule has 0 aliphatic rings. The first-order chi connectivity index (χ1) is 6.81. The molecule has 0 radical (unpaired) electrons. The Morgan fingerprint density at radius 2 is 2.36 bits per heavy atom. The zero-order valence-corrected chi connectivity index (χ0v) is 9.56. The molecule has 0 spiro atoms. The topological polar surface area (TPSA) is 40.7 Å². The second-order valence-corrected chi connectivity index (χ2v) is 4.08. The van der Waals surface area contributed by atoms with Gasteiger partial charge in [-0.15, -0.1) is 0 Å². The third kappa shape index (κ3) is 1.81. The van der Waals surface area contributed by atoms with Gasteiger partial charge in [-0.2, -0.15) is 0 Å². The summed E-state index contributed by atoms with van der Waals surface area (Å²) < 4.78 is 1.06. The molecule has 74 valence electrons. The first kappa shape index (κ1) is 9.68. The Morgan fingerprint density at radius 3 is 3.14 bits per heavy atom. The van der Waals surface area contributed by atoms with Gasteiger partial charge >= 0.3 is 0 Å². The van der Waals surface area contributed by atoms with Gasteiger partial charge in [-0.1, -0.05) is 0 Å². The standard InChI is InChI=1S/C10H12BrN3/c1-12-3-2-7-4-8(11)10-9(5-7)13-6-14-10/h4-6,12H,2-3H2,1H3,(H,13,14). The van der Waals surface area contributed by atoms with Crippen LogP contribution in [0.4, 0.5) is 0 Å². The number of hydrogen-bond acceptors (Lipinski definition) is 2. The maximum atomic E-state index is 4.22. The van der Waals surface area contributed by atoms with E-state index in [9.17, 15) is 0 Å². The van der Waals surface area contributed by atoms with Crippen molar-refractivity contribution in [2.45, 2.75) is 6.42 Å². The number of halogens is 1. The number of hydrogen-bond donors (Lipinski definition) is 2. The molecule has 1 aromatic heterocycles. The van der Waals surface area contributed by atoms with Gasteiger partial charge in [0.25, 0.3) is 0 Å². The Morgan fingerprint density at radius 1 is 1.50 bits per heavy atom. The third-order valence-corrected chi connectivity index (χ3v) is 2.81. The molecule has 1 heterocycles. The summed E-state index contributed by atoms with van der Waals surface area (Å²) in [4.78, 5) is 7.34. The summed E-state index contributed by atoms with van der Waals surface area (Å²) in [5.74, 6) is 0. The van der Waals surface area contributed by atoms with Crippen molar-refractivity contribution in [1.29, 1.82) is 0 Å². The van der Waals surface area contributed by atoms with Crippen molar-refractivity contribution in [3.05, 3.63) is 28.5 Å². The van der Waals surface area contributed by atoms with Crippen LogP contribution in [0.5, 0.6) is 0 Å². The monoisotopic (exact) mass is 253 g/mol. The fourth-order valence-corrected chi connectivity index (χ4v) is 2.09. The van der Waals surface area contributed by atoms with Crippen LogP contribution in [-0.4, -0.2) is 23.6 Å². The maximum Gasteiger partial charge on any atom is 0.102 e. The summed E-state index contributed by atoms with van der Waals surface area (Å²) in [5, 5.41) is 3.14. The number of aromatic nitrogens is 2. The van der Waals surface area contributed by atoms with Crippen LogP contribution >= 0.6 is 15.9 Å². The van der Waals surface area contributed by atoms with Gasteiger partial charge in [0.15, 0.2) is 0 Å². The van der Waals surface area contributed by atoms with Crippen molar-refractivity contribution < 1.29 is 0 Å². The number of rotatable bonds is 3. The van der Waals surface area contributed by atoms with Crippen molar-refractivity contribution in [1.82, 2.24) is 15.3 Å². The summed E-state index contributed by atoms with van der Waals surface area (Å²) in [6, 6.07) is 4.27. The number of benzene rings is 1. The van der Waals surface area contributed by atoms with Crippen molar-refractivity contribution in [3.63, 3.8) is 0 Å². The van der Waals surface area contributed by atoms with E-state index in [0.717, 1.165) is 28.5 Å². The van der Waals surface area contributed by atoms with E-state index in [2.05, 4.69) is 43.3 Å². The van der Waals surface area contributed by atoms with Crippen molar-refractivity contribution >= 4 is 27.0 Å². The van der Waals surface area contributed by atoms with Crippen molar-refractivity contribution in [2.75, 3.05) is 13.6 Å². The second kappa shape index (κ2) is 4.11. The molecule has 3 nitrogen and oxygen atoms in total. The molecule has 4 heteroatoms. The summed E-state index contributed by atoms with van der Waals surface area (Å²) in [7, 11) is 1.96. The van der Waals surface area contributed by atoms with Crippen LogP contribution in [-0.2, 0) is 6.42 Å². The molecule has 0 amide bonds. The highest BCUT2D eigenvalue weighted by atomic mass is 79.9. The van der Waals surface area contributed by atoms with Crippen LogP contribution in [0.2, 0.25) is 0 Å². The molecule has 2 aromatic rings. The van der Waals surface area contributed by atoms with Crippen LogP contribution < -0.4 is 5.32 Å². The first-order valence-corrected chi connectivity index (χ1v) is 5.36. The number of nitrogens with zero attached hydrogens (tertiary/aromatic N) is 1. The second-order valence-electron chi connectivity index (χ2n) is 3.23. The van der Waals surface area contributed by atoms with Crippen molar-refractivity contribution in [3.8, 4) is 0 Å². The molecule has 0 saturated heterocycles. The van der Waals surface area contributed by atoms with Crippen molar-refractivity contribution in [2.24, 2.45) is 0 Å². The molecule has 0 saturated carbocycles. The van der Waals surface area contributed by atoms with E-state index in [-0.39, 0.29) is 0 Å². The first-order valence-electron chi connectivity index (χ1n) is 4.57. The molecule has 14 heavy (non-hydrogen) atoms. The van der Waals surface area contributed by atoms with E-state index in [1.165, 1.54) is 5.56 Å². The molecule has 0 atom stereocenters. The normalized spacial score (nSPS) is 11.0. The fourth-order valence-electron chi connectivity index (χ4n) is 1.48. The zero-order valence-electron chi connectivity index (χ0n) is 7.97. The Kier molecular flexibility index (Phi) is 2.84. The number of nitrogens with one attached hydrogen (secondary N) is 2. The SMILES string of the molecule is CNCCc1cc(Br)c2nc[nH]c2c1. The summed E-state index contributed by atoms with van der Waals surface area (Å²) in [5.41, 5.74) is 3.40. The molecule has 0 aliphatic heterocycles. The predicted molar refractivity (Wildman–Crippen MR) is 61.4 cm³/mol. The van der Waals surface area contributed by atoms with Gasteiger partial charge in [-0.3, -0.25) is 0 Å². The third-order valence-electron chi connectivity index (χ3n) is 2.20. The minimum Gasteiger partial charge on any atom is -0.345 e. The molecule has 0 unspecified atom stereocenters. The summed E-state index contributed by atoms with van der Waals surface area (Å²) >= 11 is 3.52. The van der Waals surface area contributed by atoms with E-state index in [0.29, 0.717) is 0 Å². The average Bonchev–Trinajstić information content (AvgIpc) is 2.63. The van der Waals surface area contributed by atoms with E-state index < -0.39 is 0 Å². The minimum absolute atomic E-state index is 0.992. The molecule has 1 aromatic carbocycles. The summed E-state index contributed by atoms with van der Waals surface area (Å²) in [6.07, 6.45) is 2.75. The molecule has 0 fully saturated rings. The Balaban J connectivity index is 2.38. The Hall–Kier alpha value is -0.870. The lowest BCUT2D eigenvalue weighted by atomic mass is 10.1. The number of fused-ring (bicyclic) bond motifs is 1. The van der Waals surface area contributed by atoms with Crippen LogP contribution in [0.15, 0.2) is 22.9 Å². The van der Waals surface area contributed by atoms with E-state index in [1.807, 2.05) is 7.05 Å². The quantitative estimate of drug-likeness (QED) is 0.880. The summed E-state index contributed by atoms with van der Waals surface area (Å²) in [6.45, 7) is 0.992. The fraction of sp³-hybridized carbons (Fsp3) is 0.300. The minimum atomic E-state index is 0.992.